The van der Waals surface area contributed by atoms with Crippen LogP contribution >= 0.6 is 0 Å². The molecule has 1 N–H and O–H groups in total. The lowest BCUT2D eigenvalue weighted by molar-refractivity contribution is 0.197. The Balaban J connectivity index is 2.18. The molecule has 0 saturated heterocycles. The van der Waals surface area contributed by atoms with Crippen LogP contribution in [-0.2, 0) is 0 Å². The molecule has 0 aliphatic rings. The third-order valence-electron chi connectivity index (χ3n) is 4.27. The summed E-state index contributed by atoms with van der Waals surface area (Å²) in [4.78, 5) is 14.5. The lowest BCUT2D eigenvalue weighted by Gasteiger charge is -2.29. The number of amides is 2. The van der Waals surface area contributed by atoms with E-state index < -0.39 is 0 Å². The lowest BCUT2D eigenvalue weighted by Crippen LogP contribution is -2.37. The predicted octanol–water partition coefficient (Wildman–Crippen LogP) is 4.93. The Bertz CT molecular complexity index is 713. The minimum Gasteiger partial charge on any atom is -0.497 e. The molecule has 1 unspecified atom stereocenters. The summed E-state index contributed by atoms with van der Waals surface area (Å²) in [7, 11) is 1.65. The highest BCUT2D eigenvalue weighted by atomic mass is 16.5. The molecule has 0 spiro atoms. The van der Waals surface area contributed by atoms with Crippen molar-refractivity contribution in [2.45, 2.75) is 33.7 Å². The number of carbonyl (C=O) groups excluding carboxylic acids is 1. The fourth-order valence-corrected chi connectivity index (χ4v) is 2.82. The normalized spacial score (nSPS) is 11.7. The van der Waals surface area contributed by atoms with Gasteiger partial charge in [-0.3, -0.25) is 0 Å². The van der Waals surface area contributed by atoms with Gasteiger partial charge in [0.15, 0.2) is 0 Å². The fraction of sp³-hybridized carbons (Fsp3) is 0.350. The summed E-state index contributed by atoms with van der Waals surface area (Å²) in [5.41, 5.74) is 4.14. The zero-order valence-corrected chi connectivity index (χ0v) is 15.1. The first-order valence-electron chi connectivity index (χ1n) is 8.25. The molecule has 2 amide bonds. The third kappa shape index (κ3) is 4.07. The highest BCUT2D eigenvalue weighted by Crippen LogP contribution is 2.25. The van der Waals surface area contributed by atoms with Gasteiger partial charge in [0, 0.05) is 12.2 Å². The first kappa shape index (κ1) is 17.9. The van der Waals surface area contributed by atoms with Crippen LogP contribution in [0.2, 0.25) is 0 Å². The topological polar surface area (TPSA) is 41.6 Å². The van der Waals surface area contributed by atoms with E-state index in [1.54, 1.807) is 7.11 Å². The first-order valence-corrected chi connectivity index (χ1v) is 8.25. The number of methoxy groups -OCH3 is 1. The van der Waals surface area contributed by atoms with Crippen LogP contribution in [0.25, 0.3) is 0 Å². The summed E-state index contributed by atoms with van der Waals surface area (Å²) < 4.78 is 5.28. The number of carbonyl (C=O) groups is 1. The van der Waals surface area contributed by atoms with Gasteiger partial charge in [0.2, 0.25) is 0 Å². The number of anilines is 1. The van der Waals surface area contributed by atoms with Crippen molar-refractivity contribution in [1.29, 1.82) is 0 Å². The molecule has 0 radical (unpaired) electrons. The highest BCUT2D eigenvalue weighted by molar-refractivity contribution is 5.90. The summed E-state index contributed by atoms with van der Waals surface area (Å²) in [5, 5.41) is 3.02. The van der Waals surface area contributed by atoms with Crippen LogP contribution in [0.3, 0.4) is 0 Å². The van der Waals surface area contributed by atoms with E-state index in [2.05, 4.69) is 11.4 Å². The van der Waals surface area contributed by atoms with E-state index in [9.17, 15) is 4.79 Å². The van der Waals surface area contributed by atoms with Gasteiger partial charge in [-0.2, -0.15) is 0 Å². The molecule has 24 heavy (non-hydrogen) atoms. The van der Waals surface area contributed by atoms with Crippen LogP contribution in [0.4, 0.5) is 10.5 Å². The second kappa shape index (κ2) is 7.86. The van der Waals surface area contributed by atoms with Gasteiger partial charge < -0.3 is 15.0 Å². The van der Waals surface area contributed by atoms with Gasteiger partial charge in [-0.25, -0.2) is 4.79 Å². The van der Waals surface area contributed by atoms with E-state index in [1.807, 2.05) is 69.0 Å². The summed E-state index contributed by atoms with van der Waals surface area (Å²) in [6.07, 6.45) is 0. The molecule has 0 heterocycles. The Morgan fingerprint density at radius 3 is 2.58 bits per heavy atom. The molecule has 2 rings (SSSR count). The SMILES string of the molecule is CCN(C(=O)Nc1ccc(C)cc1C)C(C)c1cccc(OC)c1. The summed E-state index contributed by atoms with van der Waals surface area (Å²) in [6.45, 7) is 8.68. The van der Waals surface area contributed by atoms with E-state index in [-0.39, 0.29) is 12.1 Å². The van der Waals surface area contributed by atoms with E-state index in [4.69, 9.17) is 4.74 Å². The molecule has 0 fully saturated rings. The fourth-order valence-electron chi connectivity index (χ4n) is 2.82. The first-order chi connectivity index (χ1) is 11.5. The third-order valence-corrected chi connectivity index (χ3v) is 4.27. The van der Waals surface area contributed by atoms with Crippen molar-refractivity contribution in [3.8, 4) is 5.75 Å². The van der Waals surface area contributed by atoms with Crippen molar-refractivity contribution in [3.05, 3.63) is 59.2 Å². The van der Waals surface area contributed by atoms with Gasteiger partial charge in [0.1, 0.15) is 5.75 Å². The smallest absolute Gasteiger partial charge is 0.322 e. The molecule has 128 valence electrons. The number of aryl methyl sites for hydroxylation is 2. The quantitative estimate of drug-likeness (QED) is 0.846. The molecule has 4 nitrogen and oxygen atoms in total. The van der Waals surface area contributed by atoms with Gasteiger partial charge >= 0.3 is 6.03 Å². The van der Waals surface area contributed by atoms with Crippen molar-refractivity contribution < 1.29 is 9.53 Å². The molecule has 0 aromatic heterocycles. The average Bonchev–Trinajstić information content (AvgIpc) is 2.58. The Morgan fingerprint density at radius 1 is 1.21 bits per heavy atom. The number of hydrogen-bond donors (Lipinski definition) is 1. The largest absolute Gasteiger partial charge is 0.497 e. The molecule has 2 aromatic rings. The van der Waals surface area contributed by atoms with Crippen molar-refractivity contribution in [2.75, 3.05) is 19.0 Å². The minimum absolute atomic E-state index is 0.0455. The van der Waals surface area contributed by atoms with E-state index in [0.717, 1.165) is 22.6 Å². The average molecular weight is 326 g/mol. The Kier molecular flexibility index (Phi) is 5.85. The summed E-state index contributed by atoms with van der Waals surface area (Å²) in [6, 6.07) is 13.7. The number of urea groups is 1. The second-order valence-electron chi connectivity index (χ2n) is 5.99. The number of nitrogens with one attached hydrogen (secondary N) is 1. The number of ether oxygens (including phenoxy) is 1. The molecular formula is C20H26N2O2. The highest BCUT2D eigenvalue weighted by Gasteiger charge is 2.20. The molecule has 0 aliphatic heterocycles. The molecule has 1 atom stereocenters. The van der Waals surface area contributed by atoms with Crippen LogP contribution in [0.15, 0.2) is 42.5 Å². The predicted molar refractivity (Wildman–Crippen MR) is 98.7 cm³/mol. The summed E-state index contributed by atoms with van der Waals surface area (Å²) >= 11 is 0. The van der Waals surface area contributed by atoms with Crippen LogP contribution < -0.4 is 10.1 Å². The monoisotopic (exact) mass is 326 g/mol. The molecule has 0 aliphatic carbocycles. The van der Waals surface area contributed by atoms with Gasteiger partial charge in [-0.15, -0.1) is 0 Å². The van der Waals surface area contributed by atoms with Crippen molar-refractivity contribution >= 4 is 11.7 Å². The molecule has 2 aromatic carbocycles. The maximum Gasteiger partial charge on any atom is 0.322 e. The number of hydrogen-bond acceptors (Lipinski definition) is 2. The van der Waals surface area contributed by atoms with E-state index in [0.29, 0.717) is 6.54 Å². The van der Waals surface area contributed by atoms with Gasteiger partial charge in [-0.1, -0.05) is 29.8 Å². The number of nitrogens with zero attached hydrogens (tertiary/aromatic N) is 1. The lowest BCUT2D eigenvalue weighted by atomic mass is 10.1. The van der Waals surface area contributed by atoms with E-state index >= 15 is 0 Å². The molecular weight excluding hydrogens is 300 g/mol. The van der Waals surface area contributed by atoms with Gasteiger partial charge in [0.25, 0.3) is 0 Å². The second-order valence-corrected chi connectivity index (χ2v) is 5.99. The van der Waals surface area contributed by atoms with Crippen molar-refractivity contribution in [3.63, 3.8) is 0 Å². The maximum atomic E-state index is 12.7. The van der Waals surface area contributed by atoms with Crippen molar-refractivity contribution in [1.82, 2.24) is 4.90 Å². The standard InChI is InChI=1S/C20H26N2O2/c1-6-22(16(4)17-8-7-9-18(13-17)24-5)20(23)21-19-11-10-14(2)12-15(19)3/h7-13,16H,6H2,1-5H3,(H,21,23). The maximum absolute atomic E-state index is 12.7. The Morgan fingerprint density at radius 2 is 1.96 bits per heavy atom. The zero-order chi connectivity index (χ0) is 17.7. The number of benzene rings is 2. The van der Waals surface area contributed by atoms with Crippen LogP contribution in [0.5, 0.6) is 5.75 Å². The molecule has 0 saturated carbocycles. The Hall–Kier alpha value is -2.49. The zero-order valence-electron chi connectivity index (χ0n) is 15.1. The van der Waals surface area contributed by atoms with E-state index in [1.165, 1.54) is 5.56 Å². The van der Waals surface area contributed by atoms with Gasteiger partial charge in [0.05, 0.1) is 13.2 Å². The van der Waals surface area contributed by atoms with Crippen LogP contribution in [-0.4, -0.2) is 24.6 Å². The molecule has 0 bridgehead atoms. The van der Waals surface area contributed by atoms with Gasteiger partial charge in [-0.05, 0) is 57.0 Å². The molecule has 4 heteroatoms. The van der Waals surface area contributed by atoms with Crippen molar-refractivity contribution in [2.24, 2.45) is 0 Å². The number of rotatable bonds is 5. The minimum atomic E-state index is -0.0974. The van der Waals surface area contributed by atoms with Crippen LogP contribution in [0, 0.1) is 13.8 Å². The Labute approximate surface area is 144 Å². The van der Waals surface area contributed by atoms with Crippen LogP contribution in [0.1, 0.15) is 36.6 Å². The summed E-state index contributed by atoms with van der Waals surface area (Å²) in [5.74, 6) is 0.796.